The summed E-state index contributed by atoms with van der Waals surface area (Å²) in [6.45, 7) is 4.05. The lowest BCUT2D eigenvalue weighted by molar-refractivity contribution is -0.163. The van der Waals surface area contributed by atoms with Crippen LogP contribution in [0.25, 0.3) is 0 Å². The molecular formula is C16H24O3. The number of rotatable bonds is 0. The number of hydrogen-bond donors (Lipinski definition) is 1. The van der Waals surface area contributed by atoms with Gasteiger partial charge in [0.15, 0.2) is 0 Å². The molecule has 0 aromatic rings. The second-order valence-corrected chi connectivity index (χ2v) is 7.35. The van der Waals surface area contributed by atoms with E-state index in [1.807, 2.05) is 6.92 Å². The van der Waals surface area contributed by atoms with E-state index in [2.05, 4.69) is 6.92 Å². The van der Waals surface area contributed by atoms with Crippen LogP contribution in [0.2, 0.25) is 0 Å². The van der Waals surface area contributed by atoms with E-state index in [1.54, 1.807) is 0 Å². The number of ketones is 2. The maximum Gasteiger partial charge on any atom is 0.146 e. The van der Waals surface area contributed by atoms with Crippen LogP contribution >= 0.6 is 0 Å². The van der Waals surface area contributed by atoms with Crippen molar-refractivity contribution in [3.63, 3.8) is 0 Å². The van der Waals surface area contributed by atoms with Crippen LogP contribution in [-0.4, -0.2) is 22.3 Å². The topological polar surface area (TPSA) is 54.4 Å². The number of carbonyl (C=O) groups excluding carboxylic acids is 2. The van der Waals surface area contributed by atoms with Crippen LogP contribution < -0.4 is 0 Å². The van der Waals surface area contributed by atoms with Crippen LogP contribution in [0.1, 0.15) is 58.8 Å². The predicted octanol–water partition coefficient (Wildman–Crippen LogP) is 2.50. The van der Waals surface area contributed by atoms with Gasteiger partial charge >= 0.3 is 0 Å². The summed E-state index contributed by atoms with van der Waals surface area (Å²) in [4.78, 5) is 24.9. The maximum atomic E-state index is 12.4. The van der Waals surface area contributed by atoms with Crippen LogP contribution in [0, 0.1) is 23.2 Å². The van der Waals surface area contributed by atoms with Gasteiger partial charge in [-0.2, -0.15) is 0 Å². The molecule has 3 saturated carbocycles. The fourth-order valence-corrected chi connectivity index (χ4v) is 5.07. The number of fused-ring (bicyclic) bond motifs is 1. The van der Waals surface area contributed by atoms with E-state index in [4.69, 9.17) is 0 Å². The number of hydrogen-bond acceptors (Lipinski definition) is 3. The fourth-order valence-electron chi connectivity index (χ4n) is 5.07. The molecule has 0 bridgehead atoms. The zero-order valence-corrected chi connectivity index (χ0v) is 11.9. The van der Waals surface area contributed by atoms with Crippen molar-refractivity contribution >= 4 is 11.6 Å². The van der Waals surface area contributed by atoms with Gasteiger partial charge in [-0.1, -0.05) is 13.3 Å². The van der Waals surface area contributed by atoms with E-state index in [1.165, 1.54) is 0 Å². The zero-order valence-electron chi connectivity index (χ0n) is 11.9. The van der Waals surface area contributed by atoms with Gasteiger partial charge in [0.05, 0.1) is 11.0 Å². The summed E-state index contributed by atoms with van der Waals surface area (Å²) in [5.74, 6) is 1.34. The Balaban J connectivity index is 2.00. The molecule has 0 amide bonds. The molecule has 3 nitrogen and oxygen atoms in total. The lowest BCUT2D eigenvalue weighted by atomic mass is 9.54. The number of Topliss-reactive ketones (excluding diaryl/α,β-unsaturated/α-hetero) is 2. The third kappa shape index (κ3) is 1.81. The molecule has 0 radical (unpaired) electrons. The monoisotopic (exact) mass is 264 g/mol. The van der Waals surface area contributed by atoms with Crippen molar-refractivity contribution in [3.8, 4) is 0 Å². The Hall–Kier alpha value is -0.700. The van der Waals surface area contributed by atoms with Crippen molar-refractivity contribution in [2.75, 3.05) is 0 Å². The molecule has 3 fully saturated rings. The Bertz CT molecular complexity index is 408. The molecule has 1 N–H and O–H groups in total. The van der Waals surface area contributed by atoms with Gasteiger partial charge in [0.25, 0.3) is 0 Å². The normalized spacial score (nSPS) is 45.5. The molecule has 0 saturated heterocycles. The van der Waals surface area contributed by atoms with E-state index >= 15 is 0 Å². The summed E-state index contributed by atoms with van der Waals surface area (Å²) in [6, 6.07) is 0. The Labute approximate surface area is 114 Å². The third-order valence-electron chi connectivity index (χ3n) is 6.10. The quantitative estimate of drug-likeness (QED) is 0.684. The summed E-state index contributed by atoms with van der Waals surface area (Å²) >= 11 is 0. The summed E-state index contributed by atoms with van der Waals surface area (Å²) in [6.07, 6.45) is 4.96. The van der Waals surface area contributed by atoms with Crippen molar-refractivity contribution in [1.29, 1.82) is 0 Å². The number of carbonyl (C=O) groups is 2. The summed E-state index contributed by atoms with van der Waals surface area (Å²) < 4.78 is 0. The van der Waals surface area contributed by atoms with Crippen LogP contribution in [-0.2, 0) is 9.59 Å². The summed E-state index contributed by atoms with van der Waals surface area (Å²) in [5.41, 5.74) is -1.70. The average molecular weight is 264 g/mol. The highest BCUT2D eigenvalue weighted by atomic mass is 16.3. The molecule has 1 spiro atoms. The lowest BCUT2D eigenvalue weighted by Gasteiger charge is -2.50. The first kappa shape index (κ1) is 13.3. The molecule has 0 heterocycles. The standard InChI is InChI=1S/C16H24O3/c1-10-6-7-12-11(10)8-16(9-15(12,2)19)13(17)4-3-5-14(16)18/h10-12,19H,3-9H2,1-2H3/t10-,11-,12-,15+/m1/s1. The molecule has 19 heavy (non-hydrogen) atoms. The summed E-state index contributed by atoms with van der Waals surface area (Å²) in [7, 11) is 0. The SMILES string of the molecule is C[C@@H]1CC[C@@H]2[C@@H]1CC1(C[C@]2(C)O)C(=O)CCCC1=O. The largest absolute Gasteiger partial charge is 0.390 e. The van der Waals surface area contributed by atoms with Crippen LogP contribution in [0.4, 0.5) is 0 Å². The molecule has 106 valence electrons. The Kier molecular flexibility index (Phi) is 2.90. The van der Waals surface area contributed by atoms with Gasteiger partial charge < -0.3 is 5.11 Å². The summed E-state index contributed by atoms with van der Waals surface area (Å²) in [5, 5.41) is 10.8. The molecule has 3 aliphatic carbocycles. The smallest absolute Gasteiger partial charge is 0.146 e. The van der Waals surface area contributed by atoms with Gasteiger partial charge in [-0.25, -0.2) is 0 Å². The molecule has 0 aliphatic heterocycles. The Morgan fingerprint density at radius 3 is 2.42 bits per heavy atom. The molecule has 3 heteroatoms. The first-order chi connectivity index (χ1) is 8.87. The number of aliphatic hydroxyl groups is 1. The average Bonchev–Trinajstić information content (AvgIpc) is 2.69. The molecule has 0 unspecified atom stereocenters. The minimum Gasteiger partial charge on any atom is -0.390 e. The zero-order chi connectivity index (χ0) is 13.8. The lowest BCUT2D eigenvalue weighted by Crippen LogP contribution is -2.56. The van der Waals surface area contributed by atoms with Gasteiger partial charge in [0.2, 0.25) is 0 Å². The molecule has 4 atom stereocenters. The van der Waals surface area contributed by atoms with Gasteiger partial charge in [-0.05, 0) is 50.4 Å². The maximum absolute atomic E-state index is 12.4. The van der Waals surface area contributed by atoms with Gasteiger partial charge in [-0.15, -0.1) is 0 Å². The van der Waals surface area contributed by atoms with Crippen molar-refractivity contribution in [1.82, 2.24) is 0 Å². The van der Waals surface area contributed by atoms with Crippen molar-refractivity contribution in [3.05, 3.63) is 0 Å². The molecular weight excluding hydrogens is 240 g/mol. The van der Waals surface area contributed by atoms with Gasteiger partial charge in [0.1, 0.15) is 11.6 Å². The first-order valence-corrected chi connectivity index (χ1v) is 7.66. The van der Waals surface area contributed by atoms with E-state index in [0.717, 1.165) is 12.8 Å². The van der Waals surface area contributed by atoms with E-state index in [0.29, 0.717) is 43.9 Å². The van der Waals surface area contributed by atoms with E-state index in [-0.39, 0.29) is 17.5 Å². The fraction of sp³-hybridized carbons (Fsp3) is 0.875. The highest BCUT2D eigenvalue weighted by molar-refractivity contribution is 6.09. The highest BCUT2D eigenvalue weighted by Gasteiger charge is 2.60. The van der Waals surface area contributed by atoms with Crippen molar-refractivity contribution in [2.24, 2.45) is 23.2 Å². The third-order valence-corrected chi connectivity index (χ3v) is 6.10. The molecule has 0 aromatic carbocycles. The van der Waals surface area contributed by atoms with Crippen molar-refractivity contribution < 1.29 is 14.7 Å². The Morgan fingerprint density at radius 1 is 1.16 bits per heavy atom. The van der Waals surface area contributed by atoms with Crippen LogP contribution in [0.15, 0.2) is 0 Å². The first-order valence-electron chi connectivity index (χ1n) is 7.66. The Morgan fingerprint density at radius 2 is 1.79 bits per heavy atom. The van der Waals surface area contributed by atoms with E-state index in [9.17, 15) is 14.7 Å². The van der Waals surface area contributed by atoms with Crippen LogP contribution in [0.5, 0.6) is 0 Å². The van der Waals surface area contributed by atoms with E-state index < -0.39 is 11.0 Å². The molecule has 3 aliphatic rings. The predicted molar refractivity (Wildman–Crippen MR) is 71.5 cm³/mol. The molecule has 3 rings (SSSR count). The second-order valence-electron chi connectivity index (χ2n) is 7.35. The van der Waals surface area contributed by atoms with Gasteiger partial charge in [0, 0.05) is 12.8 Å². The van der Waals surface area contributed by atoms with Gasteiger partial charge in [-0.3, -0.25) is 9.59 Å². The minimum absolute atomic E-state index is 0.0987. The highest BCUT2D eigenvalue weighted by Crippen LogP contribution is 2.57. The minimum atomic E-state index is -0.851. The molecule has 0 aromatic heterocycles. The van der Waals surface area contributed by atoms with Crippen molar-refractivity contribution in [2.45, 2.75) is 64.4 Å². The second kappa shape index (κ2) is 4.15. The van der Waals surface area contributed by atoms with Crippen LogP contribution in [0.3, 0.4) is 0 Å².